The normalized spacial score (nSPS) is 21.9. The first-order chi connectivity index (χ1) is 10.0. The summed E-state index contributed by atoms with van der Waals surface area (Å²) in [5.41, 5.74) is 7.98. The van der Waals surface area contributed by atoms with Gasteiger partial charge in [-0.25, -0.2) is 0 Å². The number of carbonyl (C=O) groups is 2. The highest BCUT2D eigenvalue weighted by Gasteiger charge is 2.44. The van der Waals surface area contributed by atoms with Gasteiger partial charge in [-0.3, -0.25) is 14.5 Å². The van der Waals surface area contributed by atoms with Crippen molar-refractivity contribution in [3.63, 3.8) is 0 Å². The predicted octanol–water partition coefficient (Wildman–Crippen LogP) is 3.18. The maximum Gasteiger partial charge on any atom is 0.234 e. The Morgan fingerprint density at radius 3 is 2.24 bits per heavy atom. The highest BCUT2D eigenvalue weighted by atomic mass is 16.2. The van der Waals surface area contributed by atoms with Gasteiger partial charge in [0.2, 0.25) is 11.8 Å². The molecule has 1 aromatic carbocycles. The molecule has 1 heterocycles. The molecule has 1 spiro atoms. The lowest BCUT2D eigenvalue weighted by Gasteiger charge is -2.42. The molecule has 0 aromatic heterocycles. The van der Waals surface area contributed by atoms with Gasteiger partial charge in [0.05, 0.1) is 5.69 Å². The van der Waals surface area contributed by atoms with E-state index >= 15 is 0 Å². The number of nitrogens with zero attached hydrogens (tertiary/aromatic N) is 1. The second-order valence-corrected chi connectivity index (χ2v) is 6.58. The minimum Gasteiger partial charge on any atom is -0.399 e. The summed E-state index contributed by atoms with van der Waals surface area (Å²) in [6.45, 7) is 1.89. The molecule has 1 aromatic rings. The van der Waals surface area contributed by atoms with Crippen molar-refractivity contribution < 1.29 is 9.59 Å². The summed E-state index contributed by atoms with van der Waals surface area (Å²) in [6.07, 6.45) is 6.54. The van der Waals surface area contributed by atoms with Gasteiger partial charge in [-0.1, -0.05) is 19.3 Å². The Kier molecular flexibility index (Phi) is 3.47. The summed E-state index contributed by atoms with van der Waals surface area (Å²) in [7, 11) is 0. The van der Waals surface area contributed by atoms with Crippen molar-refractivity contribution in [3.8, 4) is 0 Å². The molecule has 0 unspecified atom stereocenters. The van der Waals surface area contributed by atoms with Crippen molar-refractivity contribution in [2.45, 2.75) is 51.9 Å². The first-order valence-electron chi connectivity index (χ1n) is 7.73. The lowest BCUT2D eigenvalue weighted by Crippen LogP contribution is -2.48. The van der Waals surface area contributed by atoms with Crippen LogP contribution in [0.15, 0.2) is 18.2 Å². The first-order valence-corrected chi connectivity index (χ1v) is 7.73. The molecule has 112 valence electrons. The Balaban J connectivity index is 1.86. The fraction of sp³-hybridized carbons (Fsp3) is 0.529. The molecule has 2 amide bonds. The zero-order valence-corrected chi connectivity index (χ0v) is 12.5. The molecule has 1 aliphatic carbocycles. The fourth-order valence-electron chi connectivity index (χ4n) is 3.74. The van der Waals surface area contributed by atoms with E-state index in [9.17, 15) is 9.59 Å². The summed E-state index contributed by atoms with van der Waals surface area (Å²) in [5, 5.41) is 0. The van der Waals surface area contributed by atoms with Crippen LogP contribution in [0, 0.1) is 12.3 Å². The molecule has 1 saturated heterocycles. The van der Waals surface area contributed by atoms with Crippen molar-refractivity contribution in [2.24, 2.45) is 5.41 Å². The highest BCUT2D eigenvalue weighted by Crippen LogP contribution is 2.46. The molecule has 4 heteroatoms. The van der Waals surface area contributed by atoms with Gasteiger partial charge < -0.3 is 5.73 Å². The molecule has 0 bridgehead atoms. The van der Waals surface area contributed by atoms with Crippen LogP contribution in [0.3, 0.4) is 0 Å². The highest BCUT2D eigenvalue weighted by molar-refractivity contribution is 6.17. The van der Waals surface area contributed by atoms with Gasteiger partial charge >= 0.3 is 0 Å². The number of rotatable bonds is 1. The smallest absolute Gasteiger partial charge is 0.234 e. The standard InChI is InChI=1S/C17H22N2O2/c1-12-9-13(5-6-14(12)18)19-15(20)10-17(11-16(19)21)7-3-2-4-8-17/h5-6,9H,2-4,7-8,10-11,18H2,1H3. The van der Waals surface area contributed by atoms with E-state index in [0.29, 0.717) is 24.2 Å². The number of benzene rings is 1. The Hall–Kier alpha value is -1.84. The van der Waals surface area contributed by atoms with E-state index in [2.05, 4.69) is 0 Å². The SMILES string of the molecule is Cc1cc(N2C(=O)CC3(CCCCC3)CC2=O)ccc1N. The zero-order chi connectivity index (χ0) is 15.0. The van der Waals surface area contributed by atoms with Crippen LogP contribution in [0.5, 0.6) is 0 Å². The molecule has 1 saturated carbocycles. The van der Waals surface area contributed by atoms with Crippen LogP contribution in [0.2, 0.25) is 0 Å². The number of anilines is 2. The van der Waals surface area contributed by atoms with E-state index in [1.165, 1.54) is 11.3 Å². The molecular weight excluding hydrogens is 264 g/mol. The Morgan fingerprint density at radius 1 is 1.05 bits per heavy atom. The van der Waals surface area contributed by atoms with Crippen LogP contribution in [-0.2, 0) is 9.59 Å². The Morgan fingerprint density at radius 2 is 1.67 bits per heavy atom. The van der Waals surface area contributed by atoms with Crippen LogP contribution < -0.4 is 10.6 Å². The fourth-order valence-corrected chi connectivity index (χ4v) is 3.74. The third-order valence-corrected chi connectivity index (χ3v) is 4.98. The molecule has 1 aliphatic heterocycles. The predicted molar refractivity (Wildman–Crippen MR) is 82.8 cm³/mol. The van der Waals surface area contributed by atoms with Gasteiger partial charge in [-0.15, -0.1) is 0 Å². The Bertz CT molecular complexity index is 568. The Labute approximate surface area is 125 Å². The van der Waals surface area contributed by atoms with Crippen molar-refractivity contribution in [1.29, 1.82) is 0 Å². The van der Waals surface area contributed by atoms with Crippen LogP contribution >= 0.6 is 0 Å². The van der Waals surface area contributed by atoms with Crippen LogP contribution in [-0.4, -0.2) is 11.8 Å². The van der Waals surface area contributed by atoms with E-state index in [4.69, 9.17) is 5.73 Å². The number of nitrogen functional groups attached to an aromatic ring is 1. The number of nitrogens with two attached hydrogens (primary N) is 1. The first kappa shape index (κ1) is 14.1. The molecular formula is C17H22N2O2. The summed E-state index contributed by atoms with van der Waals surface area (Å²) in [4.78, 5) is 26.5. The van der Waals surface area contributed by atoms with Gasteiger partial charge in [0.25, 0.3) is 0 Å². The molecule has 2 fully saturated rings. The second kappa shape index (κ2) is 5.17. The minimum atomic E-state index is -0.0637. The number of imide groups is 1. The molecule has 0 atom stereocenters. The number of aryl methyl sites for hydroxylation is 1. The number of carbonyl (C=O) groups excluding carboxylic acids is 2. The summed E-state index contributed by atoms with van der Waals surface area (Å²) in [5.74, 6) is -0.116. The molecule has 2 N–H and O–H groups in total. The molecule has 0 radical (unpaired) electrons. The lowest BCUT2D eigenvalue weighted by molar-refractivity contribution is -0.134. The second-order valence-electron chi connectivity index (χ2n) is 6.58. The molecule has 21 heavy (non-hydrogen) atoms. The van der Waals surface area contributed by atoms with Crippen molar-refractivity contribution in [3.05, 3.63) is 23.8 Å². The summed E-state index contributed by atoms with van der Waals surface area (Å²) >= 11 is 0. The maximum absolute atomic E-state index is 12.5. The minimum absolute atomic E-state index is 0.0580. The van der Waals surface area contributed by atoms with Gasteiger partial charge in [-0.2, -0.15) is 0 Å². The monoisotopic (exact) mass is 286 g/mol. The van der Waals surface area contributed by atoms with E-state index in [0.717, 1.165) is 31.2 Å². The average molecular weight is 286 g/mol. The number of hydrogen-bond acceptors (Lipinski definition) is 3. The topological polar surface area (TPSA) is 63.4 Å². The van der Waals surface area contributed by atoms with Crippen molar-refractivity contribution in [2.75, 3.05) is 10.6 Å². The van der Waals surface area contributed by atoms with Crippen LogP contribution in [0.25, 0.3) is 0 Å². The van der Waals surface area contributed by atoms with Crippen molar-refractivity contribution in [1.82, 2.24) is 0 Å². The van der Waals surface area contributed by atoms with Gasteiger partial charge in [0.15, 0.2) is 0 Å². The largest absolute Gasteiger partial charge is 0.399 e. The number of hydrogen-bond donors (Lipinski definition) is 1. The molecule has 2 aliphatic rings. The summed E-state index contributed by atoms with van der Waals surface area (Å²) < 4.78 is 0. The van der Waals surface area contributed by atoms with E-state index in [-0.39, 0.29) is 17.2 Å². The van der Waals surface area contributed by atoms with Crippen LogP contribution in [0.1, 0.15) is 50.5 Å². The zero-order valence-electron chi connectivity index (χ0n) is 12.5. The van der Waals surface area contributed by atoms with Gasteiger partial charge in [0.1, 0.15) is 0 Å². The van der Waals surface area contributed by atoms with Gasteiger partial charge in [-0.05, 0) is 48.9 Å². The van der Waals surface area contributed by atoms with E-state index in [1.54, 1.807) is 12.1 Å². The number of piperidine rings is 1. The maximum atomic E-state index is 12.5. The average Bonchev–Trinajstić information content (AvgIpc) is 2.42. The molecule has 4 nitrogen and oxygen atoms in total. The number of amides is 2. The van der Waals surface area contributed by atoms with Gasteiger partial charge in [0, 0.05) is 18.5 Å². The summed E-state index contributed by atoms with van der Waals surface area (Å²) in [6, 6.07) is 5.34. The molecule has 3 rings (SSSR count). The van der Waals surface area contributed by atoms with E-state index in [1.807, 2.05) is 13.0 Å². The van der Waals surface area contributed by atoms with E-state index < -0.39 is 0 Å². The van der Waals surface area contributed by atoms with Crippen LogP contribution in [0.4, 0.5) is 11.4 Å². The third kappa shape index (κ3) is 2.55. The lowest BCUT2D eigenvalue weighted by atomic mass is 9.67. The quantitative estimate of drug-likeness (QED) is 0.637. The third-order valence-electron chi connectivity index (χ3n) is 4.98. The van der Waals surface area contributed by atoms with Crippen molar-refractivity contribution >= 4 is 23.2 Å².